The lowest BCUT2D eigenvalue weighted by Crippen LogP contribution is -2.19. The Hall–Kier alpha value is -2.03. The number of thiazole rings is 1. The normalized spacial score (nSPS) is 10.6. The summed E-state index contributed by atoms with van der Waals surface area (Å²) in [6, 6.07) is 4.58. The van der Waals surface area contributed by atoms with Gasteiger partial charge in [0.25, 0.3) is 5.91 Å². The third-order valence-electron chi connectivity index (χ3n) is 2.86. The molecule has 1 heterocycles. The Bertz CT molecular complexity index is 663. The third kappa shape index (κ3) is 4.98. The molecule has 1 amide bonds. The molecule has 23 heavy (non-hydrogen) atoms. The number of carbonyl (C=O) groups is 1. The van der Waals surface area contributed by atoms with Crippen molar-refractivity contribution in [3.05, 3.63) is 29.4 Å². The molecule has 0 aliphatic carbocycles. The van der Waals surface area contributed by atoms with Crippen LogP contribution >= 0.6 is 11.3 Å². The van der Waals surface area contributed by atoms with E-state index in [2.05, 4.69) is 10.3 Å². The Morgan fingerprint density at radius 1 is 1.35 bits per heavy atom. The molecule has 0 spiro atoms. The molecule has 0 fully saturated rings. The van der Waals surface area contributed by atoms with Crippen molar-refractivity contribution in [2.24, 2.45) is 0 Å². The molecule has 6 nitrogen and oxygen atoms in total. The highest BCUT2D eigenvalue weighted by molar-refractivity contribution is 7.14. The van der Waals surface area contributed by atoms with Crippen molar-refractivity contribution < 1.29 is 23.4 Å². The predicted molar refractivity (Wildman–Crippen MR) is 85.4 cm³/mol. The largest absolute Gasteiger partial charge is 0.494 e. The highest BCUT2D eigenvalue weighted by atomic mass is 32.1. The van der Waals surface area contributed by atoms with Crippen molar-refractivity contribution in [1.82, 2.24) is 4.98 Å². The summed E-state index contributed by atoms with van der Waals surface area (Å²) in [7, 11) is 2.96. The molecule has 0 saturated heterocycles. The van der Waals surface area contributed by atoms with E-state index in [1.165, 1.54) is 30.6 Å². The summed E-state index contributed by atoms with van der Waals surface area (Å²) < 4.78 is 28.5. The van der Waals surface area contributed by atoms with Crippen LogP contribution in [0.15, 0.2) is 23.6 Å². The lowest BCUT2D eigenvalue weighted by Gasteiger charge is -2.04. The van der Waals surface area contributed by atoms with Gasteiger partial charge in [-0.2, -0.15) is 0 Å². The molecule has 0 saturated carbocycles. The van der Waals surface area contributed by atoms with Crippen LogP contribution in [-0.4, -0.2) is 44.9 Å². The first kappa shape index (κ1) is 17.3. The van der Waals surface area contributed by atoms with Gasteiger partial charge >= 0.3 is 0 Å². The highest BCUT2D eigenvalue weighted by Gasteiger charge is 2.10. The maximum absolute atomic E-state index is 13.7. The summed E-state index contributed by atoms with van der Waals surface area (Å²) in [4.78, 5) is 15.9. The van der Waals surface area contributed by atoms with Gasteiger partial charge in [0.05, 0.1) is 26.0 Å². The molecule has 0 aliphatic rings. The predicted octanol–water partition coefficient (Wildman–Crippen LogP) is 2.56. The van der Waals surface area contributed by atoms with Gasteiger partial charge in [0.2, 0.25) is 0 Å². The molecule has 1 aromatic heterocycles. The minimum atomic E-state index is -0.463. The maximum Gasteiger partial charge on any atom is 0.252 e. The van der Waals surface area contributed by atoms with Crippen LogP contribution in [0.25, 0.3) is 11.3 Å². The van der Waals surface area contributed by atoms with Gasteiger partial charge < -0.3 is 14.2 Å². The summed E-state index contributed by atoms with van der Waals surface area (Å²) >= 11 is 1.26. The van der Waals surface area contributed by atoms with E-state index in [0.717, 1.165) is 0 Å². The number of amides is 1. The van der Waals surface area contributed by atoms with Crippen molar-refractivity contribution in [2.45, 2.75) is 0 Å². The number of methoxy groups -OCH3 is 2. The Balaban J connectivity index is 1.95. The average Bonchev–Trinajstić information content (AvgIpc) is 3.00. The number of aromatic nitrogens is 1. The van der Waals surface area contributed by atoms with Crippen LogP contribution in [0.5, 0.6) is 5.75 Å². The molecule has 0 bridgehead atoms. The second kappa shape index (κ2) is 8.56. The van der Waals surface area contributed by atoms with Crippen LogP contribution in [-0.2, 0) is 14.3 Å². The fourth-order valence-corrected chi connectivity index (χ4v) is 2.49. The summed E-state index contributed by atoms with van der Waals surface area (Å²) in [5.74, 6) is -0.594. The van der Waals surface area contributed by atoms with Gasteiger partial charge in [-0.05, 0) is 18.2 Å². The highest BCUT2D eigenvalue weighted by Crippen LogP contribution is 2.28. The number of benzene rings is 1. The van der Waals surface area contributed by atoms with Crippen molar-refractivity contribution in [1.29, 1.82) is 0 Å². The van der Waals surface area contributed by atoms with Gasteiger partial charge in [0, 0.05) is 18.1 Å². The Kier molecular flexibility index (Phi) is 6.45. The van der Waals surface area contributed by atoms with Crippen molar-refractivity contribution in [2.75, 3.05) is 39.4 Å². The fourth-order valence-electron chi connectivity index (χ4n) is 1.75. The summed E-state index contributed by atoms with van der Waals surface area (Å²) in [6.07, 6.45) is 0. The van der Waals surface area contributed by atoms with E-state index in [9.17, 15) is 9.18 Å². The first-order valence-corrected chi connectivity index (χ1v) is 7.68. The SMILES string of the molecule is COCCOCC(=O)Nc1nc(-c2ccc(OC)c(F)c2)cs1. The third-order valence-corrected chi connectivity index (χ3v) is 3.62. The fraction of sp³-hybridized carbons (Fsp3) is 0.333. The number of nitrogens with one attached hydrogen (secondary N) is 1. The first-order valence-electron chi connectivity index (χ1n) is 6.80. The number of ether oxygens (including phenoxy) is 3. The van der Waals surface area contributed by atoms with Gasteiger partial charge in [0.15, 0.2) is 16.7 Å². The van der Waals surface area contributed by atoms with Gasteiger partial charge in [-0.1, -0.05) is 0 Å². The Morgan fingerprint density at radius 2 is 2.17 bits per heavy atom. The molecule has 0 atom stereocenters. The number of anilines is 1. The minimum absolute atomic E-state index is 0.0740. The van der Waals surface area contributed by atoms with Crippen LogP contribution in [0, 0.1) is 5.82 Å². The standard InChI is InChI=1S/C15H17FN2O4S/c1-20-5-6-22-8-14(19)18-15-17-12(9-23-15)10-3-4-13(21-2)11(16)7-10/h3-4,7,9H,5-6,8H2,1-2H3,(H,17,18,19). The van der Waals surface area contributed by atoms with Crippen LogP contribution in [0.1, 0.15) is 0 Å². The number of carbonyl (C=O) groups excluding carboxylic acids is 1. The molecule has 8 heteroatoms. The van der Waals surface area contributed by atoms with Crippen molar-refractivity contribution in [3.8, 4) is 17.0 Å². The van der Waals surface area contributed by atoms with Crippen molar-refractivity contribution >= 4 is 22.4 Å². The molecule has 2 aromatic rings. The number of halogens is 1. The van der Waals surface area contributed by atoms with Crippen LogP contribution in [0.4, 0.5) is 9.52 Å². The Morgan fingerprint density at radius 3 is 2.87 bits per heavy atom. The molecule has 124 valence electrons. The van der Waals surface area contributed by atoms with E-state index in [4.69, 9.17) is 14.2 Å². The monoisotopic (exact) mass is 340 g/mol. The molecule has 2 rings (SSSR count). The zero-order valence-electron chi connectivity index (χ0n) is 12.8. The van der Waals surface area contributed by atoms with E-state index in [1.807, 2.05) is 0 Å². The van der Waals surface area contributed by atoms with Crippen LogP contribution in [0.2, 0.25) is 0 Å². The van der Waals surface area contributed by atoms with Crippen molar-refractivity contribution in [3.63, 3.8) is 0 Å². The molecule has 0 aliphatic heterocycles. The topological polar surface area (TPSA) is 69.7 Å². The molecule has 0 unspecified atom stereocenters. The number of nitrogens with zero attached hydrogens (tertiary/aromatic N) is 1. The lowest BCUT2D eigenvalue weighted by atomic mass is 10.1. The summed E-state index contributed by atoms with van der Waals surface area (Å²) in [5, 5.41) is 4.80. The molecular weight excluding hydrogens is 323 g/mol. The van der Waals surface area contributed by atoms with Gasteiger partial charge in [-0.3, -0.25) is 10.1 Å². The second-order valence-corrected chi connectivity index (χ2v) is 5.34. The van der Waals surface area contributed by atoms with Gasteiger partial charge in [0.1, 0.15) is 6.61 Å². The van der Waals surface area contributed by atoms with E-state index in [-0.39, 0.29) is 18.3 Å². The summed E-state index contributed by atoms with van der Waals surface area (Å²) in [5.41, 5.74) is 1.18. The number of hydrogen-bond donors (Lipinski definition) is 1. The van der Waals surface area contributed by atoms with Gasteiger partial charge in [-0.25, -0.2) is 9.37 Å². The molecule has 1 N–H and O–H groups in total. The smallest absolute Gasteiger partial charge is 0.252 e. The van der Waals surface area contributed by atoms with E-state index in [1.54, 1.807) is 18.6 Å². The van der Waals surface area contributed by atoms with E-state index in [0.29, 0.717) is 29.6 Å². The average molecular weight is 340 g/mol. The van der Waals surface area contributed by atoms with E-state index < -0.39 is 5.82 Å². The zero-order chi connectivity index (χ0) is 16.7. The van der Waals surface area contributed by atoms with E-state index >= 15 is 0 Å². The second-order valence-electron chi connectivity index (χ2n) is 4.48. The quantitative estimate of drug-likeness (QED) is 0.748. The van der Waals surface area contributed by atoms with Gasteiger partial charge in [-0.15, -0.1) is 11.3 Å². The molecular formula is C15H17FN2O4S. The number of rotatable bonds is 8. The summed E-state index contributed by atoms with van der Waals surface area (Å²) in [6.45, 7) is 0.700. The van der Waals surface area contributed by atoms with Crippen LogP contribution < -0.4 is 10.1 Å². The first-order chi connectivity index (χ1) is 11.1. The maximum atomic E-state index is 13.7. The number of hydrogen-bond acceptors (Lipinski definition) is 6. The molecule has 0 radical (unpaired) electrons. The van der Waals surface area contributed by atoms with Crippen LogP contribution in [0.3, 0.4) is 0 Å². The lowest BCUT2D eigenvalue weighted by molar-refractivity contribution is -0.121. The Labute approximate surface area is 137 Å². The minimum Gasteiger partial charge on any atom is -0.494 e. The zero-order valence-corrected chi connectivity index (χ0v) is 13.6. The molecule has 1 aromatic carbocycles.